The Labute approximate surface area is 142 Å². The van der Waals surface area contributed by atoms with Crippen molar-refractivity contribution >= 4 is 36.4 Å². The normalized spacial score (nSPS) is 11.4. The Balaban J connectivity index is 2.61. The highest BCUT2D eigenvalue weighted by Crippen LogP contribution is 2.15. The van der Waals surface area contributed by atoms with Gasteiger partial charge in [0.25, 0.3) is 5.91 Å². The number of imide groups is 1. The molecular weight excluding hydrogens is 322 g/mol. The van der Waals surface area contributed by atoms with Crippen molar-refractivity contribution in [2.45, 2.75) is 13.8 Å². The third kappa shape index (κ3) is 5.87. The van der Waals surface area contributed by atoms with E-state index in [-0.39, 0.29) is 5.41 Å². The van der Waals surface area contributed by atoms with Crippen LogP contribution in [0.4, 0.5) is 4.79 Å². The molecule has 0 bridgehead atoms. The van der Waals surface area contributed by atoms with E-state index >= 15 is 0 Å². The summed E-state index contributed by atoms with van der Waals surface area (Å²) in [5, 5.41) is 3.25. The Hall–Kier alpha value is -1.24. The summed E-state index contributed by atoms with van der Waals surface area (Å²) in [7, 11) is 3.94. The summed E-state index contributed by atoms with van der Waals surface area (Å²) in [6.07, 6.45) is 0. The van der Waals surface area contributed by atoms with Gasteiger partial charge in [-0.05, 0) is 43.8 Å². The zero-order valence-corrected chi connectivity index (χ0v) is 14.9. The predicted molar refractivity (Wildman–Crippen MR) is 92.3 cm³/mol. The largest absolute Gasteiger partial charge is 0.336 e. The van der Waals surface area contributed by atoms with Gasteiger partial charge in [0, 0.05) is 23.7 Å². The number of thiol groups is 1. The summed E-state index contributed by atoms with van der Waals surface area (Å²) >= 11 is 9.76. The molecule has 0 fully saturated rings. The van der Waals surface area contributed by atoms with Crippen molar-refractivity contribution in [1.29, 1.82) is 0 Å². The number of halogens is 1. The number of benzene rings is 1. The highest BCUT2D eigenvalue weighted by molar-refractivity contribution is 7.79. The van der Waals surface area contributed by atoms with E-state index in [9.17, 15) is 9.59 Å². The Morgan fingerprint density at radius 3 is 2.27 bits per heavy atom. The molecule has 0 aliphatic carbocycles. The second-order valence-corrected chi connectivity index (χ2v) is 7.02. The molecule has 0 unspecified atom stereocenters. The fourth-order valence-corrected chi connectivity index (χ4v) is 2.42. The second-order valence-electron chi connectivity index (χ2n) is 6.18. The van der Waals surface area contributed by atoms with Gasteiger partial charge < -0.3 is 10.2 Å². The fourth-order valence-electron chi connectivity index (χ4n) is 2.11. The monoisotopic (exact) mass is 343 g/mol. The molecule has 0 aliphatic rings. The second kappa shape index (κ2) is 7.85. The van der Waals surface area contributed by atoms with Crippen LogP contribution in [0.15, 0.2) is 24.3 Å². The minimum Gasteiger partial charge on any atom is -0.336 e. The molecule has 7 heteroatoms. The molecule has 22 heavy (non-hydrogen) atoms. The van der Waals surface area contributed by atoms with Crippen LogP contribution < -0.4 is 5.32 Å². The van der Waals surface area contributed by atoms with E-state index in [1.807, 2.05) is 32.8 Å². The van der Waals surface area contributed by atoms with Crippen molar-refractivity contribution in [3.8, 4) is 0 Å². The summed E-state index contributed by atoms with van der Waals surface area (Å²) in [6, 6.07) is 5.74. The Kier molecular flexibility index (Phi) is 6.71. The van der Waals surface area contributed by atoms with Gasteiger partial charge in [-0.25, -0.2) is 9.10 Å². The molecule has 1 rings (SSSR count). The Morgan fingerprint density at radius 2 is 1.77 bits per heavy atom. The van der Waals surface area contributed by atoms with E-state index in [0.29, 0.717) is 17.1 Å². The van der Waals surface area contributed by atoms with Crippen LogP contribution in [0.5, 0.6) is 0 Å². The fraction of sp³-hybridized carbons (Fsp3) is 0.467. The maximum absolute atomic E-state index is 12.1. The first-order valence-electron chi connectivity index (χ1n) is 6.84. The first kappa shape index (κ1) is 18.8. The molecule has 122 valence electrons. The number of carbonyl (C=O) groups is 2. The maximum Gasteiger partial charge on any atom is 0.334 e. The maximum atomic E-state index is 12.1. The number of hydrogen-bond donors (Lipinski definition) is 2. The van der Waals surface area contributed by atoms with Crippen LogP contribution in [0.1, 0.15) is 24.2 Å². The van der Waals surface area contributed by atoms with Crippen molar-refractivity contribution in [1.82, 2.24) is 14.5 Å². The SMILES string of the molecule is CN(C)CC(C)(C)CNC(=O)N(S)C(=O)c1ccc(Cl)cc1. The smallest absolute Gasteiger partial charge is 0.334 e. The summed E-state index contributed by atoms with van der Waals surface area (Å²) in [5.41, 5.74) is 0.235. The lowest BCUT2D eigenvalue weighted by atomic mass is 9.93. The molecule has 0 saturated carbocycles. The molecule has 0 atom stereocenters. The van der Waals surface area contributed by atoms with E-state index in [1.54, 1.807) is 24.3 Å². The minimum absolute atomic E-state index is 0.114. The van der Waals surface area contributed by atoms with E-state index < -0.39 is 11.9 Å². The molecule has 3 amide bonds. The minimum atomic E-state index is -0.546. The quantitative estimate of drug-likeness (QED) is 0.808. The van der Waals surface area contributed by atoms with Gasteiger partial charge in [-0.3, -0.25) is 4.79 Å². The molecule has 1 aromatic rings. The molecule has 0 heterocycles. The van der Waals surface area contributed by atoms with Crippen LogP contribution in [-0.4, -0.2) is 48.3 Å². The number of carbonyl (C=O) groups excluding carboxylic acids is 2. The van der Waals surface area contributed by atoms with Crippen molar-refractivity contribution in [2.75, 3.05) is 27.2 Å². The summed E-state index contributed by atoms with van der Waals surface area (Å²) in [5.74, 6) is -0.497. The molecule has 0 aromatic heterocycles. The molecule has 5 nitrogen and oxygen atoms in total. The van der Waals surface area contributed by atoms with Crippen LogP contribution in [0.3, 0.4) is 0 Å². The number of urea groups is 1. The molecule has 0 radical (unpaired) electrons. The van der Waals surface area contributed by atoms with Crippen molar-refractivity contribution in [3.05, 3.63) is 34.9 Å². The lowest BCUT2D eigenvalue weighted by Gasteiger charge is -2.29. The van der Waals surface area contributed by atoms with E-state index in [2.05, 4.69) is 18.1 Å². The lowest BCUT2D eigenvalue weighted by molar-refractivity contribution is 0.0893. The zero-order chi connectivity index (χ0) is 16.9. The average molecular weight is 344 g/mol. The van der Waals surface area contributed by atoms with Crippen molar-refractivity contribution in [3.63, 3.8) is 0 Å². The standard InChI is InChI=1S/C15H22ClN3O2S/c1-15(2,10-18(3)4)9-17-14(21)19(22)13(20)11-5-7-12(16)8-6-11/h5-8,22H,9-10H2,1-4H3,(H,17,21). The number of rotatable bonds is 5. The Bertz CT molecular complexity index is 532. The van der Waals surface area contributed by atoms with Crippen molar-refractivity contribution in [2.24, 2.45) is 5.41 Å². The first-order valence-corrected chi connectivity index (χ1v) is 7.62. The molecular formula is C15H22ClN3O2S. The molecule has 0 saturated heterocycles. The van der Waals surface area contributed by atoms with Crippen LogP contribution in [0.25, 0.3) is 0 Å². The van der Waals surface area contributed by atoms with Crippen LogP contribution >= 0.6 is 24.4 Å². The average Bonchev–Trinajstić information content (AvgIpc) is 2.42. The zero-order valence-electron chi connectivity index (χ0n) is 13.3. The van der Waals surface area contributed by atoms with Gasteiger partial charge in [-0.15, -0.1) is 0 Å². The number of hydrogen-bond acceptors (Lipinski definition) is 4. The highest BCUT2D eigenvalue weighted by Gasteiger charge is 2.24. The summed E-state index contributed by atoms with van der Waals surface area (Å²) in [6.45, 7) is 5.33. The van der Waals surface area contributed by atoms with Gasteiger partial charge in [0.15, 0.2) is 0 Å². The predicted octanol–water partition coefficient (Wildman–Crippen LogP) is 2.92. The number of nitrogens with zero attached hydrogens (tertiary/aromatic N) is 2. The van der Waals surface area contributed by atoms with Crippen LogP contribution in [0, 0.1) is 5.41 Å². The summed E-state index contributed by atoms with van der Waals surface area (Å²) < 4.78 is 0.773. The molecule has 0 spiro atoms. The van der Waals surface area contributed by atoms with Gasteiger partial charge in [-0.2, -0.15) is 0 Å². The van der Waals surface area contributed by atoms with Gasteiger partial charge in [0.1, 0.15) is 0 Å². The lowest BCUT2D eigenvalue weighted by Crippen LogP contribution is -2.44. The third-order valence-electron chi connectivity index (χ3n) is 2.94. The molecule has 0 aliphatic heterocycles. The van der Waals surface area contributed by atoms with Crippen LogP contribution in [0.2, 0.25) is 5.02 Å². The molecule has 1 aromatic carbocycles. The van der Waals surface area contributed by atoms with Gasteiger partial charge in [0.05, 0.1) is 0 Å². The van der Waals surface area contributed by atoms with Gasteiger partial charge >= 0.3 is 6.03 Å². The van der Waals surface area contributed by atoms with Crippen LogP contribution in [-0.2, 0) is 0 Å². The van der Waals surface area contributed by atoms with Gasteiger partial charge in [0.2, 0.25) is 0 Å². The summed E-state index contributed by atoms with van der Waals surface area (Å²) in [4.78, 5) is 26.2. The van der Waals surface area contributed by atoms with E-state index in [4.69, 9.17) is 11.6 Å². The van der Waals surface area contributed by atoms with E-state index in [1.165, 1.54) is 0 Å². The van der Waals surface area contributed by atoms with Gasteiger partial charge in [-0.1, -0.05) is 38.3 Å². The van der Waals surface area contributed by atoms with E-state index in [0.717, 1.165) is 10.8 Å². The first-order chi connectivity index (χ1) is 10.1. The number of nitrogens with one attached hydrogen (secondary N) is 1. The highest BCUT2D eigenvalue weighted by atomic mass is 35.5. The Morgan fingerprint density at radius 1 is 1.23 bits per heavy atom. The molecule has 1 N–H and O–H groups in total. The third-order valence-corrected chi connectivity index (χ3v) is 3.55. The topological polar surface area (TPSA) is 52.7 Å². The van der Waals surface area contributed by atoms with Crippen molar-refractivity contribution < 1.29 is 9.59 Å². The number of amides is 3.